The van der Waals surface area contributed by atoms with Gasteiger partial charge in [-0.2, -0.15) is 0 Å². The lowest BCUT2D eigenvalue weighted by molar-refractivity contribution is 0.0671. The van der Waals surface area contributed by atoms with Crippen LogP contribution in [0, 0.1) is 0 Å². The van der Waals surface area contributed by atoms with Crippen LogP contribution in [0.15, 0.2) is 0 Å². The first kappa shape index (κ1) is 10.5. The number of nitrogens with zero attached hydrogens (tertiary/aromatic N) is 1. The molecule has 0 aromatic heterocycles. The molecule has 1 aliphatic rings. The minimum atomic E-state index is -0.0275. The molecule has 0 radical (unpaired) electrons. The number of rotatable bonds is 2. The summed E-state index contributed by atoms with van der Waals surface area (Å²) < 4.78 is 0.280. The normalized spacial score (nSPS) is 37.2. The Labute approximate surface area is 83.4 Å². The Morgan fingerprint density at radius 1 is 1.50 bits per heavy atom. The summed E-state index contributed by atoms with van der Waals surface area (Å²) in [5.74, 6) is 0. The lowest BCUT2D eigenvalue weighted by atomic mass is 9.85. The summed E-state index contributed by atoms with van der Waals surface area (Å²) in [7, 11) is 4.20. The third-order valence-electron chi connectivity index (χ3n) is 2.96. The van der Waals surface area contributed by atoms with Crippen LogP contribution < -0.4 is 0 Å². The van der Waals surface area contributed by atoms with Crippen molar-refractivity contribution in [1.29, 1.82) is 0 Å². The average molecular weight is 185 g/mol. The number of aliphatic hydroxyl groups excluding tert-OH is 1. The fraction of sp³-hybridized carbons (Fsp3) is 1.00. The van der Waals surface area contributed by atoms with Gasteiger partial charge in [-0.05, 0) is 31.3 Å². The smallest absolute Gasteiger partial charge is 0.227 e. The molecule has 1 fully saturated rings. The summed E-state index contributed by atoms with van der Waals surface area (Å²) in [6, 6.07) is 0. The van der Waals surface area contributed by atoms with Crippen LogP contribution in [-0.4, -0.2) is 53.0 Å². The van der Waals surface area contributed by atoms with Gasteiger partial charge in [0.1, 0.15) is 0 Å². The van der Waals surface area contributed by atoms with Crippen molar-refractivity contribution in [3.8, 4) is 0 Å². The Kier molecular flexibility index (Phi) is 3.61. The second kappa shape index (κ2) is 4.11. The molecular weight excluding hydrogens is 165 g/mol. The maximum absolute atomic E-state index is 9.89. The van der Waals surface area contributed by atoms with E-state index in [0.717, 1.165) is 29.3 Å². The van der Waals surface area contributed by atoms with Crippen LogP contribution in [0.25, 0.3) is 0 Å². The first-order valence-corrected chi connectivity index (χ1v) is 5.87. The molecule has 1 rings (SSSR count). The Morgan fingerprint density at radius 2 is 2.17 bits per heavy atom. The maximum Gasteiger partial charge on any atom is 0.227 e. The summed E-state index contributed by atoms with van der Waals surface area (Å²) in [6.45, 7) is 1.07. The van der Waals surface area contributed by atoms with Crippen LogP contribution >= 0.6 is 0 Å². The standard InChI is InChI=1S/C9H18NO.Al.2H/c1-10(2)7-8-5-3-4-6-9(8)11;;;/h9,11H,3-7H2,1-2H3;;;. The van der Waals surface area contributed by atoms with Crippen molar-refractivity contribution in [2.75, 3.05) is 20.6 Å². The zero-order valence-electron chi connectivity index (χ0n) is 8.51. The van der Waals surface area contributed by atoms with Gasteiger partial charge in [-0.15, -0.1) is 0 Å². The van der Waals surface area contributed by atoms with E-state index >= 15 is 0 Å². The highest BCUT2D eigenvalue weighted by Crippen LogP contribution is 2.40. The van der Waals surface area contributed by atoms with Gasteiger partial charge in [0, 0.05) is 6.10 Å². The van der Waals surface area contributed by atoms with E-state index in [2.05, 4.69) is 19.0 Å². The van der Waals surface area contributed by atoms with E-state index in [1.165, 1.54) is 19.3 Å². The van der Waals surface area contributed by atoms with Crippen molar-refractivity contribution in [3.63, 3.8) is 0 Å². The number of hydrogen-bond donors (Lipinski definition) is 1. The highest BCUT2D eigenvalue weighted by molar-refractivity contribution is 6.16. The molecule has 0 amide bonds. The van der Waals surface area contributed by atoms with E-state index in [1.54, 1.807) is 0 Å². The minimum Gasteiger partial charge on any atom is -0.394 e. The Morgan fingerprint density at radius 3 is 2.67 bits per heavy atom. The third kappa shape index (κ3) is 2.47. The monoisotopic (exact) mass is 185 g/mol. The van der Waals surface area contributed by atoms with Crippen LogP contribution in [0.4, 0.5) is 0 Å². The molecule has 0 spiro atoms. The largest absolute Gasteiger partial charge is 0.394 e. The number of hydrogen-bond acceptors (Lipinski definition) is 2. The van der Waals surface area contributed by atoms with Gasteiger partial charge in [0.15, 0.2) is 0 Å². The van der Waals surface area contributed by atoms with Crippen LogP contribution in [0.2, 0.25) is 4.28 Å². The molecule has 12 heavy (non-hydrogen) atoms. The Bertz CT molecular complexity index is 151. The molecule has 0 aromatic carbocycles. The molecule has 1 saturated carbocycles. The Hall–Kier alpha value is 0.452. The fourth-order valence-electron chi connectivity index (χ4n) is 2.29. The quantitative estimate of drug-likeness (QED) is 0.624. The van der Waals surface area contributed by atoms with Gasteiger partial charge >= 0.3 is 0 Å². The van der Waals surface area contributed by atoms with Crippen molar-refractivity contribution < 1.29 is 5.11 Å². The van der Waals surface area contributed by atoms with Crippen LogP contribution in [-0.2, 0) is 0 Å². The summed E-state index contributed by atoms with van der Waals surface area (Å²) >= 11 is 1.12. The molecule has 2 nitrogen and oxygen atoms in total. The third-order valence-corrected chi connectivity index (χ3v) is 4.44. The molecule has 0 aliphatic heterocycles. The average Bonchev–Trinajstić information content (AvgIpc) is 1.94. The van der Waals surface area contributed by atoms with Gasteiger partial charge in [0.2, 0.25) is 16.3 Å². The van der Waals surface area contributed by atoms with Crippen LogP contribution in [0.1, 0.15) is 25.7 Å². The molecule has 70 valence electrons. The molecular formula is C9H20AlNO. The molecule has 0 heterocycles. The summed E-state index contributed by atoms with van der Waals surface area (Å²) in [5.41, 5.74) is 0. The SMILES string of the molecule is CN(C)C[C]1([AlH2])CCCCC1O. The highest BCUT2D eigenvalue weighted by Gasteiger charge is 2.35. The van der Waals surface area contributed by atoms with E-state index < -0.39 is 0 Å². The zero-order valence-corrected chi connectivity index (χ0v) is 10.5. The maximum atomic E-state index is 9.89. The summed E-state index contributed by atoms with van der Waals surface area (Å²) in [4.78, 5) is 2.21. The second-order valence-corrected chi connectivity index (χ2v) is 6.64. The fourth-order valence-corrected chi connectivity index (χ4v) is 3.56. The summed E-state index contributed by atoms with van der Waals surface area (Å²) in [6.07, 6.45) is 4.77. The van der Waals surface area contributed by atoms with Crippen LogP contribution in [0.3, 0.4) is 0 Å². The van der Waals surface area contributed by atoms with Gasteiger partial charge < -0.3 is 10.0 Å². The van der Waals surface area contributed by atoms with E-state index in [1.807, 2.05) is 0 Å². The molecule has 1 aliphatic carbocycles. The van der Waals surface area contributed by atoms with Gasteiger partial charge in [-0.25, -0.2) is 0 Å². The Balaban J connectivity index is 2.53. The van der Waals surface area contributed by atoms with Gasteiger partial charge in [0.05, 0.1) is 0 Å². The van der Waals surface area contributed by atoms with Crippen molar-refractivity contribution in [2.24, 2.45) is 0 Å². The van der Waals surface area contributed by atoms with E-state index in [-0.39, 0.29) is 10.4 Å². The molecule has 3 heteroatoms. The minimum absolute atomic E-state index is 0.0275. The lowest BCUT2D eigenvalue weighted by Gasteiger charge is -2.40. The first-order valence-electron chi connectivity index (χ1n) is 4.87. The lowest BCUT2D eigenvalue weighted by Crippen LogP contribution is -2.40. The van der Waals surface area contributed by atoms with E-state index in [4.69, 9.17) is 0 Å². The van der Waals surface area contributed by atoms with Gasteiger partial charge in [0.25, 0.3) is 0 Å². The highest BCUT2D eigenvalue weighted by atomic mass is 27.0. The van der Waals surface area contributed by atoms with Crippen molar-refractivity contribution in [2.45, 2.75) is 36.1 Å². The van der Waals surface area contributed by atoms with E-state index in [0.29, 0.717) is 0 Å². The molecule has 1 N–H and O–H groups in total. The predicted molar refractivity (Wildman–Crippen MR) is 54.3 cm³/mol. The van der Waals surface area contributed by atoms with Gasteiger partial charge in [-0.3, -0.25) is 0 Å². The van der Waals surface area contributed by atoms with Crippen LogP contribution in [0.5, 0.6) is 0 Å². The molecule has 0 aromatic rings. The van der Waals surface area contributed by atoms with Gasteiger partial charge in [-0.1, -0.05) is 19.3 Å². The molecule has 0 saturated heterocycles. The topological polar surface area (TPSA) is 23.5 Å². The van der Waals surface area contributed by atoms with E-state index in [9.17, 15) is 5.11 Å². The number of aliphatic hydroxyl groups is 1. The molecule has 2 unspecified atom stereocenters. The molecule has 2 atom stereocenters. The van der Waals surface area contributed by atoms with Crippen molar-refractivity contribution >= 4 is 16.3 Å². The van der Waals surface area contributed by atoms with Crippen molar-refractivity contribution in [1.82, 2.24) is 4.90 Å². The zero-order chi connectivity index (χ0) is 9.19. The summed E-state index contributed by atoms with van der Waals surface area (Å²) in [5, 5.41) is 9.89. The predicted octanol–water partition coefficient (Wildman–Crippen LogP) is 0.275. The second-order valence-electron chi connectivity index (χ2n) is 4.65. The first-order chi connectivity index (χ1) is 5.54. The molecule has 0 bridgehead atoms. The van der Waals surface area contributed by atoms with Crippen molar-refractivity contribution in [3.05, 3.63) is 0 Å².